The third-order valence-corrected chi connectivity index (χ3v) is 28.5. The lowest BCUT2D eigenvalue weighted by atomic mass is 9.47. The molecule has 11 saturated carbocycles. The zero-order valence-corrected chi connectivity index (χ0v) is 72.6. The van der Waals surface area contributed by atoms with Crippen LogP contribution in [-0.2, 0) is 67.6 Å². The Morgan fingerprint density at radius 1 is 0.488 bits per heavy atom. The number of phenols is 1. The van der Waals surface area contributed by atoms with Gasteiger partial charge in [0.25, 0.3) is 0 Å². The van der Waals surface area contributed by atoms with Crippen molar-refractivity contribution in [2.24, 2.45) is 86.3 Å². The van der Waals surface area contributed by atoms with Crippen LogP contribution >= 0.6 is 0 Å². The Balaban J connectivity index is -0.000000337. The number of carbonyl (C=O) groups excluding carboxylic acids is 7. The van der Waals surface area contributed by atoms with Gasteiger partial charge in [0.2, 0.25) is 0 Å². The van der Waals surface area contributed by atoms with Gasteiger partial charge in [-0.25, -0.2) is 4.79 Å². The minimum atomic E-state index is -4.78. The van der Waals surface area contributed by atoms with Gasteiger partial charge in [0.15, 0.2) is 12.2 Å². The van der Waals surface area contributed by atoms with E-state index >= 15 is 0 Å². The number of aromatic hydroxyl groups is 1. The summed E-state index contributed by atoms with van der Waals surface area (Å²) in [5, 5.41) is 39.8. The maximum Gasteiger partial charge on any atom is 0.421 e. The lowest BCUT2D eigenvalue weighted by molar-refractivity contribution is -0.264. The fraction of sp³-hybridized carbons (Fsp3) is 0.817. The molecule has 0 aromatic heterocycles. The van der Waals surface area contributed by atoms with Crippen LogP contribution in [0.5, 0.6) is 11.5 Å². The summed E-state index contributed by atoms with van der Waals surface area (Å²) < 4.78 is 77.5. The van der Waals surface area contributed by atoms with Gasteiger partial charge in [-0.05, 0) is 306 Å². The summed E-state index contributed by atoms with van der Waals surface area (Å²) in [6, 6.07) is 12.1. The topological polar surface area (TPSA) is 265 Å². The maximum absolute atomic E-state index is 12.8. The lowest BCUT2D eigenvalue weighted by Crippen LogP contribution is -2.67. The maximum atomic E-state index is 12.8. The molecule has 12 bridgehead atoms. The van der Waals surface area contributed by atoms with Crippen molar-refractivity contribution in [2.45, 2.75) is 460 Å². The van der Waals surface area contributed by atoms with Crippen LogP contribution in [0.4, 0.5) is 13.2 Å². The second kappa shape index (κ2) is 50.6. The smallest absolute Gasteiger partial charge is 0.421 e. The largest absolute Gasteiger partial charge is 0.508 e. The van der Waals surface area contributed by atoms with Gasteiger partial charge in [0.05, 0.1) is 44.2 Å². The van der Waals surface area contributed by atoms with Crippen molar-refractivity contribution in [3.8, 4) is 11.5 Å². The molecule has 2 heterocycles. The molecule has 4 N–H and O–H groups in total. The first-order valence-electron chi connectivity index (χ1n) is 42.8. The number of alkyl halides is 3. The number of esters is 7. The van der Waals surface area contributed by atoms with E-state index in [1.807, 2.05) is 81.4 Å². The van der Waals surface area contributed by atoms with Crippen molar-refractivity contribution in [1.29, 1.82) is 0 Å². The fourth-order valence-electron chi connectivity index (χ4n) is 19.2. The summed E-state index contributed by atoms with van der Waals surface area (Å²) in [6.07, 6.45) is 17.4. The Bertz CT molecular complexity index is 3500. The molecule has 0 amide bonds. The van der Waals surface area contributed by atoms with Crippen molar-refractivity contribution >= 4 is 41.8 Å². The molecule has 2 saturated heterocycles. The second-order valence-corrected chi connectivity index (χ2v) is 39.9. The van der Waals surface area contributed by atoms with E-state index in [9.17, 15) is 62.1 Å². The molecule has 13 fully saturated rings. The first-order valence-corrected chi connectivity index (χ1v) is 42.8. The average molecular weight is 1790 g/mol. The molecule has 2 aromatic carbocycles. The number of benzene rings is 2. The summed E-state index contributed by atoms with van der Waals surface area (Å²) in [4.78, 5) is 85.2. The average Bonchev–Trinajstić information content (AvgIpc) is 0.841. The first-order chi connectivity index (χ1) is 52.2. The van der Waals surface area contributed by atoms with Crippen molar-refractivity contribution in [3.05, 3.63) is 59.7 Å². The standard InChI is InChI=1S/C19H32O2.C18H26O6.C16H26O4.C15H19F3O3.C14H26O2.C10H14O.12CH4/c1-6-18(4,5)17(20)21-19(12(2)3)15-8-13-7-14(10-15)11-16(19)9-13;1-4-18(2,3)17(21)22-9-14(19)24-15-11-5-10-6-12(8-11)16(20)23-13(15)7-10;1-4-13(2,3)12(17)20-16-7-11-5-14(18,9-16)8-15(19,6-11)10-16;1-5-13(2,3)12(19)21-11-8-6-10(7-9-11)14(4,20)15(16,17)18;1-6-13(4,5)12(15)16-14(11(2)3)9-7-8-10-14;1-3-8(2)9-4-6-10(11)7-5-9;;;;;;;;;;;;/h12-16H,6-11H2,1-5H3;10-13,15H,4-9H2,1-3H3;11,18-19H,4-10H2,1-3H3;6-9,20H,5H2,1-4H3;11H,6-10H2,1-5H3;4-8,11H,3H2,1-2H3;12*1H4. The summed E-state index contributed by atoms with van der Waals surface area (Å²) in [7, 11) is 0. The number of ether oxygens (including phenoxy) is 7. The molecule has 9 atom stereocenters. The van der Waals surface area contributed by atoms with Crippen LogP contribution in [0.25, 0.3) is 0 Å². The number of halogens is 3. The van der Waals surface area contributed by atoms with Gasteiger partial charge in [-0.1, -0.05) is 190 Å². The van der Waals surface area contributed by atoms with Gasteiger partial charge in [0.1, 0.15) is 40.5 Å². The molecule has 18 nitrogen and oxygen atoms in total. The van der Waals surface area contributed by atoms with Gasteiger partial charge < -0.3 is 53.6 Å². The first kappa shape index (κ1) is 130. The molecular formula is C104H191F3O18. The number of hydrogen-bond acceptors (Lipinski definition) is 18. The highest BCUT2D eigenvalue weighted by Gasteiger charge is 2.66. The molecule has 13 aliphatic rings. The number of rotatable bonds is 22. The summed E-state index contributed by atoms with van der Waals surface area (Å²) in [5.41, 5.74) is -7.13. The van der Waals surface area contributed by atoms with Gasteiger partial charge in [-0.3, -0.25) is 28.8 Å². The van der Waals surface area contributed by atoms with Crippen LogP contribution in [0, 0.1) is 86.3 Å². The molecule has 0 spiro atoms. The second-order valence-electron chi connectivity index (χ2n) is 39.9. The van der Waals surface area contributed by atoms with Crippen LogP contribution < -0.4 is 4.74 Å². The SMILES string of the molecule is C.C.C.C.C.C.C.C.C.C.C.C.CCC(C)(C)C(=O)OC1(C(C)C)C2CC3CC(C2)CC1C3.CCC(C)(C)C(=O)OC1(C(C)C)CCCC1.CCC(C)(C)C(=O)OC12CC3CC(O)(CC(O)(C3)C1)C2.CCC(C)(C)C(=O)OCC(=O)OC1C2CC3CC(C2)C(=O)OC1C3.CCC(C)(C)C(=O)Oc1ccc(C(C)(O)C(F)(F)F)cc1.CCC(C)c1ccc(O)cc1. The van der Waals surface area contributed by atoms with Crippen LogP contribution in [-0.4, -0.2) is 115 Å². The third kappa shape index (κ3) is 31.2. The molecular weight excluding hydrogens is 1590 g/mol. The van der Waals surface area contributed by atoms with Crippen molar-refractivity contribution in [2.75, 3.05) is 6.61 Å². The summed E-state index contributed by atoms with van der Waals surface area (Å²) in [5.74, 6) is 4.11. The number of phenolic OH excluding ortho intramolecular Hbond substituents is 1. The van der Waals surface area contributed by atoms with Gasteiger partial charge in [-0.15, -0.1) is 0 Å². The third-order valence-electron chi connectivity index (χ3n) is 28.5. The van der Waals surface area contributed by atoms with Gasteiger partial charge in [-0.2, -0.15) is 13.2 Å². The van der Waals surface area contributed by atoms with E-state index in [1.54, 1.807) is 39.8 Å². The van der Waals surface area contributed by atoms with Crippen LogP contribution in [0.3, 0.4) is 0 Å². The van der Waals surface area contributed by atoms with E-state index < -0.39 is 68.8 Å². The number of fused-ring (bicyclic) bond motifs is 1. The highest BCUT2D eigenvalue weighted by atomic mass is 19.4. The predicted octanol–water partition coefficient (Wildman–Crippen LogP) is 27.5. The van der Waals surface area contributed by atoms with E-state index in [1.165, 1.54) is 62.6 Å². The molecule has 736 valence electrons. The zero-order valence-electron chi connectivity index (χ0n) is 72.6. The monoisotopic (exact) mass is 1790 g/mol. The summed E-state index contributed by atoms with van der Waals surface area (Å²) >= 11 is 0. The highest BCUT2D eigenvalue weighted by molar-refractivity contribution is 5.81. The highest BCUT2D eigenvalue weighted by Crippen LogP contribution is 2.63. The Kier molecular flexibility index (Phi) is 52.6. The molecule has 2 aromatic rings. The van der Waals surface area contributed by atoms with Gasteiger partial charge >= 0.3 is 48.0 Å². The van der Waals surface area contributed by atoms with Crippen molar-refractivity contribution in [3.63, 3.8) is 0 Å². The minimum Gasteiger partial charge on any atom is -0.508 e. The van der Waals surface area contributed by atoms with E-state index in [2.05, 4.69) is 48.5 Å². The number of aliphatic hydroxyl groups is 3. The predicted molar refractivity (Wildman–Crippen MR) is 508 cm³/mol. The molecule has 11 aliphatic carbocycles. The molecule has 9 unspecified atom stereocenters. The van der Waals surface area contributed by atoms with E-state index in [4.69, 9.17) is 38.3 Å². The molecule has 125 heavy (non-hydrogen) atoms. The van der Waals surface area contributed by atoms with Gasteiger partial charge in [0, 0.05) is 25.2 Å². The quantitative estimate of drug-likeness (QED) is 0.0485. The number of hydrogen-bond donors (Lipinski definition) is 4. The summed E-state index contributed by atoms with van der Waals surface area (Å²) in [6.45, 7) is 42.1. The normalized spacial score (nSPS) is 27.4. The molecule has 0 radical (unpaired) electrons. The number of carbonyl (C=O) groups is 7. The Labute approximate surface area is 762 Å². The fourth-order valence-corrected chi connectivity index (χ4v) is 19.2. The Morgan fingerprint density at radius 2 is 0.904 bits per heavy atom. The van der Waals surface area contributed by atoms with Crippen LogP contribution in [0.15, 0.2) is 48.5 Å². The lowest BCUT2D eigenvalue weighted by Gasteiger charge is -2.62. The Hall–Kier alpha value is -5.80. The van der Waals surface area contributed by atoms with Crippen molar-refractivity contribution in [1.82, 2.24) is 0 Å². The molecule has 2 aliphatic heterocycles. The molecule has 21 heteroatoms. The Morgan fingerprint density at radius 3 is 1.31 bits per heavy atom. The van der Waals surface area contributed by atoms with E-state index in [0.717, 1.165) is 107 Å². The van der Waals surface area contributed by atoms with E-state index in [-0.39, 0.29) is 177 Å². The molecule has 15 rings (SSSR count). The zero-order chi connectivity index (χ0) is 84.8. The van der Waals surface area contributed by atoms with E-state index in [0.29, 0.717) is 80.3 Å². The van der Waals surface area contributed by atoms with Crippen LogP contribution in [0.2, 0.25) is 0 Å². The van der Waals surface area contributed by atoms with Crippen LogP contribution in [0.1, 0.15) is 419 Å². The minimum absolute atomic E-state index is 0. The van der Waals surface area contributed by atoms with Crippen molar-refractivity contribution < 1.29 is 100 Å².